The predicted octanol–water partition coefficient (Wildman–Crippen LogP) is 0.780. The monoisotopic (exact) mass is 267 g/mol. The molecule has 1 aromatic carbocycles. The van der Waals surface area contributed by atoms with Crippen molar-refractivity contribution in [1.29, 1.82) is 5.26 Å². The zero-order valence-corrected chi connectivity index (χ0v) is 11.1. The Kier molecular flexibility index (Phi) is 5.78. The van der Waals surface area contributed by atoms with Gasteiger partial charge in [-0.3, -0.25) is 0 Å². The quantitative estimate of drug-likeness (QED) is 0.715. The van der Waals surface area contributed by atoms with Gasteiger partial charge in [0.05, 0.1) is 18.7 Å². The number of rotatable bonds is 7. The standard InChI is InChI=1S/C12H17N3O2S/c1-18(16,17)15-10-9-14-12(7-8-13)11-5-3-2-4-6-11/h2-6,12,14-15H,7,9-10H2,1H3. The molecule has 0 amide bonds. The van der Waals surface area contributed by atoms with E-state index in [4.69, 9.17) is 5.26 Å². The Morgan fingerprint density at radius 2 is 1.94 bits per heavy atom. The minimum absolute atomic E-state index is 0.0717. The Bertz CT molecular complexity index is 494. The van der Waals surface area contributed by atoms with E-state index >= 15 is 0 Å². The molecule has 0 aliphatic heterocycles. The summed E-state index contributed by atoms with van der Waals surface area (Å²) in [5.41, 5.74) is 1.03. The van der Waals surface area contributed by atoms with Gasteiger partial charge >= 0.3 is 0 Å². The summed E-state index contributed by atoms with van der Waals surface area (Å²) in [6, 6.07) is 11.7. The van der Waals surface area contributed by atoms with E-state index in [0.29, 0.717) is 19.5 Å². The number of hydrogen-bond acceptors (Lipinski definition) is 4. The van der Waals surface area contributed by atoms with Gasteiger partial charge in [0.25, 0.3) is 0 Å². The van der Waals surface area contributed by atoms with Gasteiger partial charge < -0.3 is 5.32 Å². The van der Waals surface area contributed by atoms with Crippen LogP contribution < -0.4 is 10.0 Å². The molecule has 18 heavy (non-hydrogen) atoms. The molecule has 0 aliphatic carbocycles. The summed E-state index contributed by atoms with van der Waals surface area (Å²) >= 11 is 0. The van der Waals surface area contributed by atoms with Crippen LogP contribution >= 0.6 is 0 Å². The van der Waals surface area contributed by atoms with E-state index in [0.717, 1.165) is 11.8 Å². The second-order valence-corrected chi connectivity index (χ2v) is 5.78. The highest BCUT2D eigenvalue weighted by molar-refractivity contribution is 7.88. The van der Waals surface area contributed by atoms with Crippen molar-refractivity contribution in [3.8, 4) is 6.07 Å². The fourth-order valence-corrected chi connectivity index (χ4v) is 2.04. The summed E-state index contributed by atoms with van der Waals surface area (Å²) in [6.45, 7) is 0.794. The number of nitrogens with one attached hydrogen (secondary N) is 2. The average Bonchev–Trinajstić information content (AvgIpc) is 2.33. The van der Waals surface area contributed by atoms with Gasteiger partial charge in [-0.25, -0.2) is 13.1 Å². The first kappa shape index (κ1) is 14.6. The Morgan fingerprint density at radius 1 is 1.28 bits per heavy atom. The molecule has 2 N–H and O–H groups in total. The highest BCUT2D eigenvalue weighted by atomic mass is 32.2. The fraction of sp³-hybridized carbons (Fsp3) is 0.417. The third kappa shape index (κ3) is 5.77. The van der Waals surface area contributed by atoms with Crippen LogP contribution in [0.1, 0.15) is 18.0 Å². The summed E-state index contributed by atoms with van der Waals surface area (Å²) in [5.74, 6) is 0. The second kappa shape index (κ2) is 7.11. The Hall–Kier alpha value is -1.42. The van der Waals surface area contributed by atoms with Gasteiger partial charge in [-0.15, -0.1) is 0 Å². The molecule has 1 unspecified atom stereocenters. The van der Waals surface area contributed by atoms with E-state index in [1.807, 2.05) is 30.3 Å². The fourth-order valence-electron chi connectivity index (χ4n) is 1.57. The lowest BCUT2D eigenvalue weighted by Crippen LogP contribution is -2.33. The van der Waals surface area contributed by atoms with E-state index < -0.39 is 10.0 Å². The lowest BCUT2D eigenvalue weighted by atomic mass is 10.0. The zero-order chi connectivity index (χ0) is 13.4. The molecule has 0 aliphatic rings. The van der Waals surface area contributed by atoms with Gasteiger partial charge in [0, 0.05) is 19.1 Å². The zero-order valence-electron chi connectivity index (χ0n) is 10.3. The van der Waals surface area contributed by atoms with Crippen LogP contribution in [0, 0.1) is 11.3 Å². The minimum Gasteiger partial charge on any atom is -0.308 e. The van der Waals surface area contributed by atoms with Crippen LogP contribution in [0.25, 0.3) is 0 Å². The first-order valence-electron chi connectivity index (χ1n) is 5.63. The van der Waals surface area contributed by atoms with Crippen molar-refractivity contribution in [3.63, 3.8) is 0 Å². The third-order valence-corrected chi connectivity index (χ3v) is 3.11. The summed E-state index contributed by atoms with van der Waals surface area (Å²) in [6.07, 6.45) is 1.47. The number of hydrogen-bond donors (Lipinski definition) is 2. The lowest BCUT2D eigenvalue weighted by molar-refractivity contribution is 0.535. The molecule has 5 nitrogen and oxygen atoms in total. The van der Waals surface area contributed by atoms with E-state index in [-0.39, 0.29) is 6.04 Å². The van der Waals surface area contributed by atoms with Gasteiger partial charge in [0.15, 0.2) is 0 Å². The molecule has 0 saturated carbocycles. The number of benzene rings is 1. The lowest BCUT2D eigenvalue weighted by Gasteiger charge is -2.16. The van der Waals surface area contributed by atoms with Gasteiger partial charge in [0.2, 0.25) is 10.0 Å². The summed E-state index contributed by atoms with van der Waals surface area (Å²) in [7, 11) is -3.15. The highest BCUT2D eigenvalue weighted by Gasteiger charge is 2.09. The first-order valence-corrected chi connectivity index (χ1v) is 7.52. The second-order valence-electron chi connectivity index (χ2n) is 3.95. The molecule has 0 heterocycles. The largest absolute Gasteiger partial charge is 0.308 e. The Labute approximate surface area is 108 Å². The molecule has 0 radical (unpaired) electrons. The van der Waals surface area contributed by atoms with Gasteiger partial charge in [-0.2, -0.15) is 5.26 Å². The van der Waals surface area contributed by atoms with Gasteiger partial charge in [0.1, 0.15) is 0 Å². The molecular weight excluding hydrogens is 250 g/mol. The normalized spacial score (nSPS) is 12.9. The SMILES string of the molecule is CS(=O)(=O)NCCNC(CC#N)c1ccccc1. The molecule has 1 aromatic rings. The molecule has 0 fully saturated rings. The first-order chi connectivity index (χ1) is 8.53. The number of nitrogens with zero attached hydrogens (tertiary/aromatic N) is 1. The molecule has 98 valence electrons. The van der Waals surface area contributed by atoms with Crippen molar-refractivity contribution in [1.82, 2.24) is 10.0 Å². The van der Waals surface area contributed by atoms with Crippen molar-refractivity contribution in [2.24, 2.45) is 0 Å². The van der Waals surface area contributed by atoms with Crippen LogP contribution in [0.3, 0.4) is 0 Å². The van der Waals surface area contributed by atoms with E-state index in [2.05, 4.69) is 16.1 Å². The summed E-state index contributed by atoms with van der Waals surface area (Å²) < 4.78 is 24.2. The van der Waals surface area contributed by atoms with Crippen LogP contribution in [-0.4, -0.2) is 27.8 Å². The van der Waals surface area contributed by atoms with E-state index in [1.54, 1.807) is 0 Å². The third-order valence-electron chi connectivity index (χ3n) is 2.38. The van der Waals surface area contributed by atoms with Crippen LogP contribution in [0.15, 0.2) is 30.3 Å². The maximum absolute atomic E-state index is 10.9. The summed E-state index contributed by atoms with van der Waals surface area (Å²) in [4.78, 5) is 0. The van der Waals surface area contributed by atoms with Gasteiger partial charge in [-0.05, 0) is 5.56 Å². The van der Waals surface area contributed by atoms with Crippen LogP contribution in [-0.2, 0) is 10.0 Å². The van der Waals surface area contributed by atoms with Crippen molar-refractivity contribution >= 4 is 10.0 Å². The molecule has 1 rings (SSSR count). The molecular formula is C12H17N3O2S. The highest BCUT2D eigenvalue weighted by Crippen LogP contribution is 2.15. The van der Waals surface area contributed by atoms with E-state index in [9.17, 15) is 8.42 Å². The molecule has 0 spiro atoms. The smallest absolute Gasteiger partial charge is 0.208 e. The van der Waals surface area contributed by atoms with Crippen LogP contribution in [0.4, 0.5) is 0 Å². The minimum atomic E-state index is -3.15. The van der Waals surface area contributed by atoms with Crippen molar-refractivity contribution in [2.75, 3.05) is 19.3 Å². The summed E-state index contributed by atoms with van der Waals surface area (Å²) in [5, 5.41) is 11.9. The molecule has 0 bridgehead atoms. The van der Waals surface area contributed by atoms with Crippen molar-refractivity contribution in [2.45, 2.75) is 12.5 Å². The predicted molar refractivity (Wildman–Crippen MR) is 70.3 cm³/mol. The van der Waals surface area contributed by atoms with Crippen LogP contribution in [0.5, 0.6) is 0 Å². The van der Waals surface area contributed by atoms with Gasteiger partial charge in [-0.1, -0.05) is 30.3 Å². The van der Waals surface area contributed by atoms with E-state index in [1.165, 1.54) is 0 Å². The van der Waals surface area contributed by atoms with Crippen LogP contribution in [0.2, 0.25) is 0 Å². The maximum atomic E-state index is 10.9. The molecule has 0 aromatic heterocycles. The number of nitriles is 1. The van der Waals surface area contributed by atoms with Crippen molar-refractivity contribution in [3.05, 3.63) is 35.9 Å². The Balaban J connectivity index is 2.48. The maximum Gasteiger partial charge on any atom is 0.208 e. The molecule has 6 heteroatoms. The Morgan fingerprint density at radius 3 is 2.50 bits per heavy atom. The molecule has 1 atom stereocenters. The topological polar surface area (TPSA) is 82.0 Å². The number of sulfonamides is 1. The average molecular weight is 267 g/mol. The van der Waals surface area contributed by atoms with Crippen molar-refractivity contribution < 1.29 is 8.42 Å². The molecule has 0 saturated heterocycles.